The zero-order chi connectivity index (χ0) is 15.6. The lowest BCUT2D eigenvalue weighted by atomic mass is 9.94. The maximum Gasteiger partial charge on any atom is 0.134 e. The van der Waals surface area contributed by atoms with Crippen LogP contribution in [0.3, 0.4) is 0 Å². The zero-order valence-corrected chi connectivity index (χ0v) is 13.6. The zero-order valence-electron chi connectivity index (χ0n) is 13.6. The molecule has 1 atom stereocenters. The summed E-state index contributed by atoms with van der Waals surface area (Å²) in [5.74, 6) is 3.35. The van der Waals surface area contributed by atoms with E-state index in [0.717, 1.165) is 37.2 Å². The number of piperidine rings is 1. The van der Waals surface area contributed by atoms with Crippen LogP contribution in [-0.4, -0.2) is 39.4 Å². The molecule has 3 heterocycles. The first-order valence-corrected chi connectivity index (χ1v) is 8.58. The summed E-state index contributed by atoms with van der Waals surface area (Å²) in [6.45, 7) is 3.10. The number of aromatic nitrogens is 4. The lowest BCUT2D eigenvalue weighted by Gasteiger charge is -2.33. The fraction of sp³-hybridized carbons (Fsp3) is 0.588. The Balaban J connectivity index is 1.46. The molecule has 6 nitrogen and oxygen atoms in total. The SMILES string of the molecule is Cn1nccc1C1CCCN(c2cc(NCC3CC3)ncn2)C1. The summed E-state index contributed by atoms with van der Waals surface area (Å²) in [6.07, 6.45) is 8.67. The van der Waals surface area contributed by atoms with Gasteiger partial charge in [-0.2, -0.15) is 5.10 Å². The van der Waals surface area contributed by atoms with Crippen LogP contribution in [0.25, 0.3) is 0 Å². The normalized spacial score (nSPS) is 21.4. The van der Waals surface area contributed by atoms with Gasteiger partial charge >= 0.3 is 0 Å². The molecule has 0 radical (unpaired) electrons. The Bertz CT molecular complexity index is 663. The van der Waals surface area contributed by atoms with Gasteiger partial charge in [-0.25, -0.2) is 9.97 Å². The summed E-state index contributed by atoms with van der Waals surface area (Å²) in [7, 11) is 2.03. The fourth-order valence-corrected chi connectivity index (χ4v) is 3.40. The summed E-state index contributed by atoms with van der Waals surface area (Å²) in [4.78, 5) is 11.2. The summed E-state index contributed by atoms with van der Waals surface area (Å²) in [5.41, 5.74) is 1.32. The van der Waals surface area contributed by atoms with Crippen molar-refractivity contribution in [3.63, 3.8) is 0 Å². The number of hydrogen-bond acceptors (Lipinski definition) is 5. The van der Waals surface area contributed by atoms with Gasteiger partial charge in [-0.3, -0.25) is 4.68 Å². The van der Waals surface area contributed by atoms with Crippen molar-refractivity contribution in [1.29, 1.82) is 0 Å². The number of anilines is 2. The second-order valence-corrected chi connectivity index (χ2v) is 6.75. The minimum absolute atomic E-state index is 0.522. The number of hydrogen-bond donors (Lipinski definition) is 1. The molecule has 0 bridgehead atoms. The Hall–Kier alpha value is -2.11. The van der Waals surface area contributed by atoms with Crippen LogP contribution in [0.2, 0.25) is 0 Å². The van der Waals surface area contributed by atoms with Gasteiger partial charge in [-0.15, -0.1) is 0 Å². The third kappa shape index (κ3) is 3.30. The van der Waals surface area contributed by atoms with Gasteiger partial charge in [0.2, 0.25) is 0 Å². The molecule has 2 aliphatic rings. The standard InChI is InChI=1S/C17H24N6/c1-22-15(6-7-21-22)14-3-2-8-23(11-14)17-9-16(19-12-20-17)18-10-13-4-5-13/h6-7,9,12-14H,2-5,8,10-11H2,1H3,(H,18,19,20). The molecule has 1 saturated carbocycles. The van der Waals surface area contributed by atoms with Crippen molar-refractivity contribution in [3.05, 3.63) is 30.4 Å². The monoisotopic (exact) mass is 312 g/mol. The Labute approximate surface area is 136 Å². The summed E-state index contributed by atoms with van der Waals surface area (Å²) in [5, 5.41) is 7.76. The molecule has 0 aromatic carbocycles. The molecule has 0 amide bonds. The first-order chi connectivity index (χ1) is 11.3. The Kier molecular flexibility index (Phi) is 3.89. The first kappa shape index (κ1) is 14.5. The highest BCUT2D eigenvalue weighted by atomic mass is 15.3. The molecule has 1 saturated heterocycles. The summed E-state index contributed by atoms with van der Waals surface area (Å²) in [6, 6.07) is 4.23. The van der Waals surface area contributed by atoms with E-state index >= 15 is 0 Å². The molecule has 1 aliphatic carbocycles. The predicted octanol–water partition coefficient (Wildman–Crippen LogP) is 2.42. The van der Waals surface area contributed by atoms with E-state index in [-0.39, 0.29) is 0 Å². The third-order valence-electron chi connectivity index (χ3n) is 4.94. The van der Waals surface area contributed by atoms with E-state index in [2.05, 4.69) is 37.4 Å². The number of nitrogens with one attached hydrogen (secondary N) is 1. The molecule has 6 heteroatoms. The van der Waals surface area contributed by atoms with Gasteiger partial charge in [-0.1, -0.05) is 0 Å². The van der Waals surface area contributed by atoms with Gasteiger partial charge in [0.1, 0.15) is 18.0 Å². The van der Waals surface area contributed by atoms with Crippen LogP contribution in [0.15, 0.2) is 24.7 Å². The molecule has 1 unspecified atom stereocenters. The molecular formula is C17H24N6. The van der Waals surface area contributed by atoms with Gasteiger partial charge < -0.3 is 10.2 Å². The van der Waals surface area contributed by atoms with Crippen LogP contribution >= 0.6 is 0 Å². The Morgan fingerprint density at radius 1 is 1.26 bits per heavy atom. The molecule has 2 aromatic rings. The van der Waals surface area contributed by atoms with Crippen molar-refractivity contribution in [2.75, 3.05) is 29.9 Å². The van der Waals surface area contributed by atoms with Crippen LogP contribution in [0.4, 0.5) is 11.6 Å². The maximum atomic E-state index is 4.50. The van der Waals surface area contributed by atoms with Crippen LogP contribution in [0.5, 0.6) is 0 Å². The molecule has 122 valence electrons. The smallest absolute Gasteiger partial charge is 0.134 e. The van der Waals surface area contributed by atoms with Crippen molar-refractivity contribution in [3.8, 4) is 0 Å². The molecule has 2 fully saturated rings. The van der Waals surface area contributed by atoms with E-state index in [1.807, 2.05) is 17.9 Å². The third-order valence-corrected chi connectivity index (χ3v) is 4.94. The molecule has 1 aliphatic heterocycles. The largest absolute Gasteiger partial charge is 0.370 e. The lowest BCUT2D eigenvalue weighted by Crippen LogP contribution is -2.35. The quantitative estimate of drug-likeness (QED) is 0.919. The number of rotatable bonds is 5. The van der Waals surface area contributed by atoms with Crippen LogP contribution < -0.4 is 10.2 Å². The lowest BCUT2D eigenvalue weighted by molar-refractivity contribution is 0.480. The highest BCUT2D eigenvalue weighted by molar-refractivity contribution is 5.49. The second kappa shape index (κ2) is 6.18. The Morgan fingerprint density at radius 2 is 2.17 bits per heavy atom. The number of nitrogens with zero attached hydrogens (tertiary/aromatic N) is 5. The highest BCUT2D eigenvalue weighted by Crippen LogP contribution is 2.30. The van der Waals surface area contributed by atoms with Gasteiger partial charge in [-0.05, 0) is 37.7 Å². The summed E-state index contributed by atoms with van der Waals surface area (Å²) < 4.78 is 2.00. The average Bonchev–Trinajstić information content (AvgIpc) is 3.33. The molecule has 4 rings (SSSR count). The highest BCUT2D eigenvalue weighted by Gasteiger charge is 2.25. The van der Waals surface area contributed by atoms with E-state index < -0.39 is 0 Å². The second-order valence-electron chi connectivity index (χ2n) is 6.75. The van der Waals surface area contributed by atoms with Crippen LogP contribution in [0.1, 0.15) is 37.3 Å². The van der Waals surface area contributed by atoms with Gasteiger partial charge in [0.05, 0.1) is 0 Å². The van der Waals surface area contributed by atoms with E-state index in [0.29, 0.717) is 5.92 Å². The van der Waals surface area contributed by atoms with E-state index in [9.17, 15) is 0 Å². The predicted molar refractivity (Wildman–Crippen MR) is 90.6 cm³/mol. The molecule has 1 N–H and O–H groups in total. The van der Waals surface area contributed by atoms with E-state index in [1.54, 1.807) is 6.33 Å². The fourth-order valence-electron chi connectivity index (χ4n) is 3.40. The van der Waals surface area contributed by atoms with Crippen molar-refractivity contribution in [2.24, 2.45) is 13.0 Å². The van der Waals surface area contributed by atoms with Gasteiger partial charge in [0.25, 0.3) is 0 Å². The Morgan fingerprint density at radius 3 is 2.96 bits per heavy atom. The van der Waals surface area contributed by atoms with E-state index in [4.69, 9.17) is 0 Å². The molecule has 2 aromatic heterocycles. The first-order valence-electron chi connectivity index (χ1n) is 8.58. The van der Waals surface area contributed by atoms with Crippen molar-refractivity contribution in [2.45, 2.75) is 31.6 Å². The van der Waals surface area contributed by atoms with Crippen molar-refractivity contribution >= 4 is 11.6 Å². The van der Waals surface area contributed by atoms with Gasteiger partial charge in [0.15, 0.2) is 0 Å². The van der Waals surface area contributed by atoms with Crippen LogP contribution in [-0.2, 0) is 7.05 Å². The molecular weight excluding hydrogens is 288 g/mol. The maximum absolute atomic E-state index is 4.50. The minimum atomic E-state index is 0.522. The topological polar surface area (TPSA) is 58.9 Å². The van der Waals surface area contributed by atoms with Gasteiger partial charge in [0, 0.05) is 50.6 Å². The minimum Gasteiger partial charge on any atom is -0.370 e. The summed E-state index contributed by atoms with van der Waals surface area (Å²) >= 11 is 0. The van der Waals surface area contributed by atoms with Crippen molar-refractivity contribution in [1.82, 2.24) is 19.7 Å². The molecule has 0 spiro atoms. The molecule has 23 heavy (non-hydrogen) atoms. The number of aryl methyl sites for hydroxylation is 1. The van der Waals surface area contributed by atoms with Crippen molar-refractivity contribution < 1.29 is 0 Å². The van der Waals surface area contributed by atoms with Crippen LogP contribution in [0, 0.1) is 5.92 Å². The van der Waals surface area contributed by atoms with E-state index in [1.165, 1.54) is 31.4 Å². The average molecular weight is 312 g/mol.